The molecule has 0 aromatic carbocycles. The summed E-state index contributed by atoms with van der Waals surface area (Å²) in [6.45, 7) is 2.91. The van der Waals surface area contributed by atoms with Gasteiger partial charge in [-0.05, 0) is 48.3 Å². The lowest BCUT2D eigenvalue weighted by Gasteiger charge is -2.18. The molecule has 0 radical (unpaired) electrons. The van der Waals surface area contributed by atoms with Crippen molar-refractivity contribution in [3.05, 3.63) is 58.4 Å². The van der Waals surface area contributed by atoms with Gasteiger partial charge in [0.2, 0.25) is 0 Å². The van der Waals surface area contributed by atoms with Gasteiger partial charge in [-0.3, -0.25) is 9.79 Å². The van der Waals surface area contributed by atoms with Crippen molar-refractivity contribution in [1.82, 2.24) is 4.98 Å². The number of allylic oxidation sites excluding steroid dienone is 4. The Balaban J connectivity index is 1.85. The van der Waals surface area contributed by atoms with E-state index >= 15 is 0 Å². The molecule has 0 saturated carbocycles. The van der Waals surface area contributed by atoms with Crippen LogP contribution in [0.2, 0.25) is 0 Å². The van der Waals surface area contributed by atoms with Crippen molar-refractivity contribution < 1.29 is 4.79 Å². The molecule has 3 aliphatic rings. The standard InChI is InChI=1S/C20H19N3O/c1-13-11-16-18(17(24)12-13)20(22-15-5-3-2-4-6-15)19(23-16)14-7-9-21-10-8-14/h2-3,5,7,9,13,22-23H,8,10-12H2,1H3. The first kappa shape index (κ1) is 14.8. The molecule has 0 amide bonds. The average molecular weight is 317 g/mol. The van der Waals surface area contributed by atoms with Gasteiger partial charge < -0.3 is 10.3 Å². The molecule has 0 saturated heterocycles. The zero-order valence-electron chi connectivity index (χ0n) is 13.6. The second kappa shape index (κ2) is 6.01. The smallest absolute Gasteiger partial charge is 0.167 e. The highest BCUT2D eigenvalue weighted by molar-refractivity contribution is 6.06. The van der Waals surface area contributed by atoms with Crippen LogP contribution in [0.5, 0.6) is 0 Å². The summed E-state index contributed by atoms with van der Waals surface area (Å²) in [5.41, 5.74) is 11.7. The summed E-state index contributed by atoms with van der Waals surface area (Å²) in [5.74, 6) is 0.585. The van der Waals surface area contributed by atoms with E-state index in [1.807, 2.05) is 30.5 Å². The lowest BCUT2D eigenvalue weighted by molar-refractivity contribution is 0.0954. The van der Waals surface area contributed by atoms with Gasteiger partial charge >= 0.3 is 0 Å². The number of H-pyrrole nitrogens is 1. The van der Waals surface area contributed by atoms with E-state index in [1.165, 1.54) is 5.57 Å². The van der Waals surface area contributed by atoms with Crippen LogP contribution in [0.15, 0.2) is 46.5 Å². The number of aromatic amines is 1. The number of hydrogen-bond acceptors (Lipinski definition) is 3. The van der Waals surface area contributed by atoms with Gasteiger partial charge in [0.25, 0.3) is 0 Å². The summed E-state index contributed by atoms with van der Waals surface area (Å²) < 4.78 is 0. The number of nitrogens with one attached hydrogen (secondary N) is 2. The summed E-state index contributed by atoms with van der Waals surface area (Å²) in [7, 11) is 0. The minimum atomic E-state index is 0.207. The number of aromatic nitrogens is 1. The van der Waals surface area contributed by atoms with Crippen LogP contribution in [-0.2, 0) is 6.42 Å². The highest BCUT2D eigenvalue weighted by atomic mass is 16.1. The van der Waals surface area contributed by atoms with Crippen LogP contribution in [0, 0.1) is 5.92 Å². The number of hydrogen-bond donors (Lipinski definition) is 2. The van der Waals surface area contributed by atoms with Crippen molar-refractivity contribution in [2.45, 2.75) is 26.2 Å². The van der Waals surface area contributed by atoms with E-state index in [-0.39, 0.29) is 5.78 Å². The van der Waals surface area contributed by atoms with Gasteiger partial charge in [-0.1, -0.05) is 18.7 Å². The molecule has 2 N–H and O–H groups in total. The van der Waals surface area contributed by atoms with E-state index in [9.17, 15) is 4.79 Å². The van der Waals surface area contributed by atoms with Gasteiger partial charge in [-0.2, -0.15) is 0 Å². The molecular weight excluding hydrogens is 298 g/mol. The fourth-order valence-corrected chi connectivity index (χ4v) is 3.47. The molecule has 1 aliphatic heterocycles. The number of nitrogens with zero attached hydrogens (tertiary/aromatic N) is 1. The van der Waals surface area contributed by atoms with E-state index in [0.717, 1.165) is 47.7 Å². The summed E-state index contributed by atoms with van der Waals surface area (Å²) in [6.07, 6.45) is 11.9. The van der Waals surface area contributed by atoms with Crippen LogP contribution in [0.3, 0.4) is 0 Å². The fraction of sp³-hybridized carbons (Fsp3) is 0.300. The second-order valence-corrected chi connectivity index (χ2v) is 6.50. The van der Waals surface area contributed by atoms with Crippen LogP contribution in [0.25, 0.3) is 5.57 Å². The van der Waals surface area contributed by atoms with Crippen molar-refractivity contribution in [3.63, 3.8) is 0 Å². The van der Waals surface area contributed by atoms with Gasteiger partial charge in [-0.15, -0.1) is 0 Å². The quantitative estimate of drug-likeness (QED) is 0.833. The number of carbonyl (C=O) groups excluding carboxylic acids is 1. The number of carbonyl (C=O) groups is 1. The molecule has 1 unspecified atom stereocenters. The molecule has 4 heteroatoms. The maximum Gasteiger partial charge on any atom is 0.167 e. The van der Waals surface area contributed by atoms with Gasteiger partial charge in [0, 0.05) is 24.9 Å². The highest BCUT2D eigenvalue weighted by Crippen LogP contribution is 2.38. The molecule has 4 rings (SSSR count). The summed E-state index contributed by atoms with van der Waals surface area (Å²) in [4.78, 5) is 20.5. The fourth-order valence-electron chi connectivity index (χ4n) is 3.47. The van der Waals surface area contributed by atoms with E-state index in [4.69, 9.17) is 0 Å². The minimum Gasteiger partial charge on any atom is -0.356 e. The Hall–Kier alpha value is -2.80. The number of aliphatic imine (C=N–C) groups is 1. The predicted octanol–water partition coefficient (Wildman–Crippen LogP) is 3.81. The lowest BCUT2D eigenvalue weighted by atomic mass is 9.87. The number of Topliss-reactive ketones (excluding diaryl/α,β-unsaturated/α-hetero) is 1. The first-order valence-electron chi connectivity index (χ1n) is 8.35. The third-order valence-electron chi connectivity index (χ3n) is 4.56. The normalized spacial score (nSPS) is 21.5. The Labute approximate surface area is 141 Å². The van der Waals surface area contributed by atoms with Crippen LogP contribution in [0.1, 0.15) is 41.5 Å². The molecule has 24 heavy (non-hydrogen) atoms. The highest BCUT2D eigenvalue weighted by Gasteiger charge is 2.30. The SMILES string of the molecule is CC1CC(=O)c2c([nH]c(C3=CC=NCC3)c2NC2=C=C=CC=C2)C1. The maximum atomic E-state index is 12.7. The predicted molar refractivity (Wildman–Crippen MR) is 96.4 cm³/mol. The van der Waals surface area contributed by atoms with Crippen LogP contribution >= 0.6 is 0 Å². The topological polar surface area (TPSA) is 57.2 Å². The first-order chi connectivity index (χ1) is 11.7. The summed E-state index contributed by atoms with van der Waals surface area (Å²) in [6, 6.07) is 0. The van der Waals surface area contributed by atoms with Gasteiger partial charge in [0.05, 0.1) is 22.6 Å². The number of rotatable bonds is 3. The van der Waals surface area contributed by atoms with Crippen LogP contribution < -0.4 is 5.32 Å². The largest absolute Gasteiger partial charge is 0.356 e. The lowest BCUT2D eigenvalue weighted by Crippen LogP contribution is -2.18. The molecule has 2 heterocycles. The molecule has 2 aliphatic carbocycles. The number of fused-ring (bicyclic) bond motifs is 1. The van der Waals surface area contributed by atoms with E-state index in [0.29, 0.717) is 12.3 Å². The van der Waals surface area contributed by atoms with E-state index in [2.05, 4.69) is 33.7 Å². The molecule has 0 bridgehead atoms. The molecule has 1 aromatic rings. The maximum absolute atomic E-state index is 12.7. The molecule has 4 nitrogen and oxygen atoms in total. The third kappa shape index (κ3) is 2.63. The molecule has 0 spiro atoms. The Kier molecular flexibility index (Phi) is 3.70. The first-order valence-corrected chi connectivity index (χ1v) is 8.35. The average Bonchev–Trinajstić information content (AvgIpc) is 2.95. The van der Waals surface area contributed by atoms with Crippen molar-refractivity contribution in [3.8, 4) is 0 Å². The number of anilines is 1. The zero-order chi connectivity index (χ0) is 16.5. The Morgan fingerprint density at radius 2 is 2.29 bits per heavy atom. The van der Waals surface area contributed by atoms with E-state index in [1.54, 1.807) is 0 Å². The van der Waals surface area contributed by atoms with E-state index < -0.39 is 0 Å². The Morgan fingerprint density at radius 1 is 1.38 bits per heavy atom. The van der Waals surface area contributed by atoms with Crippen molar-refractivity contribution in [1.29, 1.82) is 0 Å². The minimum absolute atomic E-state index is 0.207. The zero-order valence-corrected chi connectivity index (χ0v) is 13.6. The Morgan fingerprint density at radius 3 is 3.04 bits per heavy atom. The Bertz CT molecular complexity index is 898. The van der Waals surface area contributed by atoms with Gasteiger partial charge in [0.1, 0.15) is 0 Å². The van der Waals surface area contributed by atoms with Crippen LogP contribution in [0.4, 0.5) is 5.69 Å². The third-order valence-corrected chi connectivity index (χ3v) is 4.56. The number of dihydropyridines is 1. The molecule has 1 aromatic heterocycles. The summed E-state index contributed by atoms with van der Waals surface area (Å²) in [5, 5.41) is 3.40. The molecule has 120 valence electrons. The van der Waals surface area contributed by atoms with Crippen molar-refractivity contribution in [2.75, 3.05) is 11.9 Å². The van der Waals surface area contributed by atoms with Gasteiger partial charge in [-0.25, -0.2) is 0 Å². The number of ketones is 1. The second-order valence-electron chi connectivity index (χ2n) is 6.50. The monoisotopic (exact) mass is 317 g/mol. The molecular formula is C20H19N3O. The van der Waals surface area contributed by atoms with Gasteiger partial charge in [0.15, 0.2) is 5.78 Å². The van der Waals surface area contributed by atoms with Crippen LogP contribution in [-0.4, -0.2) is 23.5 Å². The molecule has 0 fully saturated rings. The van der Waals surface area contributed by atoms with Crippen molar-refractivity contribution in [2.24, 2.45) is 10.9 Å². The molecule has 1 atom stereocenters. The van der Waals surface area contributed by atoms with Crippen molar-refractivity contribution >= 4 is 23.3 Å². The summed E-state index contributed by atoms with van der Waals surface area (Å²) >= 11 is 0.